The van der Waals surface area contributed by atoms with Crippen LogP contribution in [0.2, 0.25) is 0 Å². The molecule has 0 spiro atoms. The molecule has 0 bridgehead atoms. The van der Waals surface area contributed by atoms with Gasteiger partial charge in [-0.2, -0.15) is 0 Å². The van der Waals surface area contributed by atoms with E-state index in [1.54, 1.807) is 12.3 Å². The highest BCUT2D eigenvalue weighted by molar-refractivity contribution is 6.03. The van der Waals surface area contributed by atoms with Gasteiger partial charge in [0.2, 0.25) is 11.8 Å². The van der Waals surface area contributed by atoms with Gasteiger partial charge in [-0.05, 0) is 44.4 Å². The van der Waals surface area contributed by atoms with Gasteiger partial charge < -0.3 is 20.0 Å². The third-order valence-electron chi connectivity index (χ3n) is 6.62. The maximum Gasteiger partial charge on any atom is 0.270 e. The summed E-state index contributed by atoms with van der Waals surface area (Å²) in [7, 11) is 2.19. The van der Waals surface area contributed by atoms with Crippen molar-refractivity contribution in [1.29, 1.82) is 0 Å². The molecule has 1 aromatic rings. The maximum absolute atomic E-state index is 12.4. The number of rotatable bonds is 5. The lowest BCUT2D eigenvalue weighted by Gasteiger charge is -2.38. The number of hydrogen-bond acceptors (Lipinski definition) is 7. The fraction of sp³-hybridized carbons (Fsp3) is 0.636. The Morgan fingerprint density at radius 1 is 1.10 bits per heavy atom. The van der Waals surface area contributed by atoms with E-state index in [1.807, 2.05) is 6.07 Å². The molecular formula is C22H32N6O3. The zero-order chi connectivity index (χ0) is 21.8. The average molecular weight is 429 g/mol. The number of nitrogens with zero attached hydrogens (tertiary/aromatic N) is 4. The summed E-state index contributed by atoms with van der Waals surface area (Å²) in [6.45, 7) is 7.86. The number of piperidine rings is 2. The van der Waals surface area contributed by atoms with Crippen molar-refractivity contribution >= 4 is 23.4 Å². The molecule has 9 heteroatoms. The molecular weight excluding hydrogens is 396 g/mol. The van der Waals surface area contributed by atoms with Crippen LogP contribution in [0, 0.1) is 5.92 Å². The van der Waals surface area contributed by atoms with Crippen LogP contribution in [0.4, 0.5) is 5.69 Å². The molecule has 0 saturated carbocycles. The van der Waals surface area contributed by atoms with Gasteiger partial charge in [-0.1, -0.05) is 0 Å². The van der Waals surface area contributed by atoms with Gasteiger partial charge in [-0.25, -0.2) is 4.98 Å². The third kappa shape index (κ3) is 5.59. The quantitative estimate of drug-likeness (QED) is 0.641. The smallest absolute Gasteiger partial charge is 0.270 e. The molecule has 1 aromatic heterocycles. The van der Waals surface area contributed by atoms with Crippen LogP contribution in [0.1, 0.15) is 36.2 Å². The van der Waals surface area contributed by atoms with Crippen LogP contribution in [-0.4, -0.2) is 91.4 Å². The molecule has 3 aliphatic heterocycles. The van der Waals surface area contributed by atoms with Crippen LogP contribution < -0.4 is 15.5 Å². The lowest BCUT2D eigenvalue weighted by atomic mass is 9.95. The first-order valence-electron chi connectivity index (χ1n) is 11.2. The van der Waals surface area contributed by atoms with Gasteiger partial charge >= 0.3 is 0 Å². The predicted molar refractivity (Wildman–Crippen MR) is 117 cm³/mol. The Labute approximate surface area is 183 Å². The summed E-state index contributed by atoms with van der Waals surface area (Å²) in [6.07, 6.45) is 4.62. The number of carbonyl (C=O) groups is 3. The van der Waals surface area contributed by atoms with E-state index in [0.29, 0.717) is 6.42 Å². The normalized spacial score (nSPS) is 24.2. The number of likely N-dealkylation sites (N-methyl/N-ethyl adjacent to an activating group) is 1. The number of carbonyl (C=O) groups excluding carboxylic acids is 3. The van der Waals surface area contributed by atoms with Crippen molar-refractivity contribution in [2.24, 2.45) is 5.92 Å². The molecule has 1 unspecified atom stereocenters. The van der Waals surface area contributed by atoms with Crippen molar-refractivity contribution in [2.75, 3.05) is 57.8 Å². The highest BCUT2D eigenvalue weighted by Gasteiger charge is 2.28. The van der Waals surface area contributed by atoms with Crippen LogP contribution in [0.3, 0.4) is 0 Å². The number of amides is 3. The second-order valence-corrected chi connectivity index (χ2v) is 8.91. The minimum atomic E-state index is -0.689. The lowest BCUT2D eigenvalue weighted by Crippen LogP contribution is -2.52. The first kappa shape index (κ1) is 21.7. The number of hydrogen-bond donors (Lipinski definition) is 2. The number of piperazine rings is 1. The SMILES string of the molecule is CN1CCN(CC2CCN(c3ccc(C(=O)NC4CCC(=O)NC4=O)nc3)CC2)CC1. The first-order chi connectivity index (χ1) is 15.0. The summed E-state index contributed by atoms with van der Waals surface area (Å²) in [4.78, 5) is 47.1. The Morgan fingerprint density at radius 2 is 1.84 bits per heavy atom. The van der Waals surface area contributed by atoms with Gasteiger partial charge in [0, 0.05) is 52.2 Å². The lowest BCUT2D eigenvalue weighted by molar-refractivity contribution is -0.134. The van der Waals surface area contributed by atoms with E-state index < -0.39 is 17.9 Å². The second-order valence-electron chi connectivity index (χ2n) is 8.91. The Hall–Kier alpha value is -2.52. The van der Waals surface area contributed by atoms with E-state index in [-0.39, 0.29) is 18.0 Å². The van der Waals surface area contributed by atoms with Crippen molar-refractivity contribution in [3.05, 3.63) is 24.0 Å². The zero-order valence-corrected chi connectivity index (χ0v) is 18.2. The maximum atomic E-state index is 12.4. The molecule has 0 radical (unpaired) electrons. The van der Waals surface area contributed by atoms with E-state index in [0.717, 1.165) is 37.8 Å². The molecule has 2 N–H and O–H groups in total. The van der Waals surface area contributed by atoms with Crippen molar-refractivity contribution in [3.63, 3.8) is 0 Å². The zero-order valence-electron chi connectivity index (χ0n) is 18.2. The van der Waals surface area contributed by atoms with Gasteiger partial charge in [0.25, 0.3) is 5.91 Å². The molecule has 9 nitrogen and oxygen atoms in total. The second kappa shape index (κ2) is 9.74. The van der Waals surface area contributed by atoms with Crippen LogP contribution in [0.15, 0.2) is 18.3 Å². The summed E-state index contributed by atoms with van der Waals surface area (Å²) in [6, 6.07) is 2.94. The molecule has 4 rings (SSSR count). The molecule has 1 atom stereocenters. The first-order valence-corrected chi connectivity index (χ1v) is 11.2. The average Bonchev–Trinajstić information content (AvgIpc) is 2.78. The molecule has 168 valence electrons. The van der Waals surface area contributed by atoms with Crippen LogP contribution in [0.5, 0.6) is 0 Å². The standard InChI is InChI=1S/C22H32N6O3/c1-26-10-12-27(13-11-26)15-16-6-8-28(9-7-16)17-2-3-18(23-14-17)21(30)24-19-4-5-20(29)25-22(19)31/h2-3,14,16,19H,4-13,15H2,1H3,(H,24,30)(H,25,29,31). The summed E-state index contributed by atoms with van der Waals surface area (Å²) in [5, 5.41) is 4.91. The Morgan fingerprint density at radius 3 is 2.48 bits per heavy atom. The van der Waals surface area contributed by atoms with E-state index in [1.165, 1.54) is 32.5 Å². The number of aromatic nitrogens is 1. The fourth-order valence-corrected chi connectivity index (χ4v) is 4.54. The van der Waals surface area contributed by atoms with E-state index in [2.05, 4.69) is 37.4 Å². The van der Waals surface area contributed by atoms with Crippen molar-refractivity contribution in [3.8, 4) is 0 Å². The molecule has 3 fully saturated rings. The Kier molecular flexibility index (Phi) is 6.82. The van der Waals surface area contributed by atoms with Crippen LogP contribution in [0.25, 0.3) is 0 Å². The monoisotopic (exact) mass is 428 g/mol. The number of anilines is 1. The minimum absolute atomic E-state index is 0.230. The Bertz CT molecular complexity index is 798. The fourth-order valence-electron chi connectivity index (χ4n) is 4.54. The van der Waals surface area contributed by atoms with Crippen LogP contribution >= 0.6 is 0 Å². The van der Waals surface area contributed by atoms with Gasteiger partial charge in [0.05, 0.1) is 11.9 Å². The third-order valence-corrected chi connectivity index (χ3v) is 6.62. The summed E-state index contributed by atoms with van der Waals surface area (Å²) < 4.78 is 0. The summed E-state index contributed by atoms with van der Waals surface area (Å²) in [5.41, 5.74) is 1.30. The minimum Gasteiger partial charge on any atom is -0.370 e. The van der Waals surface area contributed by atoms with E-state index in [9.17, 15) is 14.4 Å². The molecule has 0 aliphatic carbocycles. The topological polar surface area (TPSA) is 97.9 Å². The molecule has 0 aromatic carbocycles. The highest BCUT2D eigenvalue weighted by Crippen LogP contribution is 2.24. The number of nitrogens with one attached hydrogen (secondary N) is 2. The highest BCUT2D eigenvalue weighted by atomic mass is 16.2. The van der Waals surface area contributed by atoms with Crippen molar-refractivity contribution in [2.45, 2.75) is 31.7 Å². The van der Waals surface area contributed by atoms with Gasteiger partial charge in [0.1, 0.15) is 11.7 Å². The Balaban J connectivity index is 1.24. The van der Waals surface area contributed by atoms with Crippen molar-refractivity contribution < 1.29 is 14.4 Å². The van der Waals surface area contributed by atoms with E-state index >= 15 is 0 Å². The molecule has 3 saturated heterocycles. The number of pyridine rings is 1. The summed E-state index contributed by atoms with van der Waals surface area (Å²) >= 11 is 0. The molecule has 4 heterocycles. The van der Waals surface area contributed by atoms with Gasteiger partial charge in [-0.3, -0.25) is 19.7 Å². The largest absolute Gasteiger partial charge is 0.370 e. The van der Waals surface area contributed by atoms with Crippen LogP contribution in [-0.2, 0) is 9.59 Å². The van der Waals surface area contributed by atoms with Gasteiger partial charge in [-0.15, -0.1) is 0 Å². The van der Waals surface area contributed by atoms with E-state index in [4.69, 9.17) is 0 Å². The van der Waals surface area contributed by atoms with Crippen molar-refractivity contribution in [1.82, 2.24) is 25.4 Å². The molecule has 31 heavy (non-hydrogen) atoms. The molecule has 3 aliphatic rings. The van der Waals surface area contributed by atoms with Gasteiger partial charge in [0.15, 0.2) is 0 Å². The summed E-state index contributed by atoms with van der Waals surface area (Å²) in [5.74, 6) is -0.413. The number of imide groups is 1. The predicted octanol–water partition coefficient (Wildman–Crippen LogP) is 0.0804. The molecule has 3 amide bonds.